The first-order valence-electron chi connectivity index (χ1n) is 6.49. The van der Waals surface area contributed by atoms with Crippen LogP contribution < -0.4 is 4.90 Å². The minimum absolute atomic E-state index is 0.0349. The highest BCUT2D eigenvalue weighted by Crippen LogP contribution is 2.22. The molecule has 2 unspecified atom stereocenters. The summed E-state index contributed by atoms with van der Waals surface area (Å²) < 4.78 is 7.51. The number of ether oxygens (including phenoxy) is 1. The van der Waals surface area contributed by atoms with Crippen LogP contribution in [-0.2, 0) is 4.74 Å². The van der Waals surface area contributed by atoms with Crippen molar-refractivity contribution >= 4 is 11.5 Å². The SMILES string of the molecule is Cc1cc(N2CC(C)OC(CO)C2)n2ncnc2c1. The van der Waals surface area contributed by atoms with Crippen molar-refractivity contribution in [3.63, 3.8) is 0 Å². The normalized spacial score (nSPS) is 24.1. The molecule has 3 heterocycles. The van der Waals surface area contributed by atoms with E-state index in [1.165, 1.54) is 0 Å². The van der Waals surface area contributed by atoms with Gasteiger partial charge in [0.2, 0.25) is 0 Å². The molecule has 2 aromatic heterocycles. The number of hydrogen-bond acceptors (Lipinski definition) is 5. The lowest BCUT2D eigenvalue weighted by molar-refractivity contribution is -0.0423. The monoisotopic (exact) mass is 262 g/mol. The van der Waals surface area contributed by atoms with Crippen LogP contribution in [0.3, 0.4) is 0 Å². The maximum atomic E-state index is 9.31. The summed E-state index contributed by atoms with van der Waals surface area (Å²) in [6.45, 7) is 5.55. The Balaban J connectivity index is 2.00. The number of aliphatic hydroxyl groups excluding tert-OH is 1. The predicted molar refractivity (Wildman–Crippen MR) is 71.4 cm³/mol. The van der Waals surface area contributed by atoms with E-state index in [-0.39, 0.29) is 18.8 Å². The molecular formula is C13H18N4O2. The van der Waals surface area contributed by atoms with E-state index in [0.717, 1.165) is 23.6 Å². The van der Waals surface area contributed by atoms with E-state index in [1.807, 2.05) is 24.4 Å². The molecule has 1 aliphatic rings. The minimum Gasteiger partial charge on any atom is -0.394 e. The van der Waals surface area contributed by atoms with E-state index in [4.69, 9.17) is 4.74 Å². The zero-order chi connectivity index (χ0) is 13.4. The fourth-order valence-corrected chi connectivity index (χ4v) is 2.59. The third-order valence-electron chi connectivity index (χ3n) is 3.36. The molecule has 0 radical (unpaired) electrons. The summed E-state index contributed by atoms with van der Waals surface area (Å²) in [5.41, 5.74) is 1.99. The molecule has 6 nitrogen and oxygen atoms in total. The molecule has 19 heavy (non-hydrogen) atoms. The van der Waals surface area contributed by atoms with Gasteiger partial charge in [0.25, 0.3) is 0 Å². The Morgan fingerprint density at radius 2 is 2.26 bits per heavy atom. The highest BCUT2D eigenvalue weighted by molar-refractivity contribution is 5.53. The highest BCUT2D eigenvalue weighted by atomic mass is 16.5. The summed E-state index contributed by atoms with van der Waals surface area (Å²) in [5.74, 6) is 1.00. The number of aliphatic hydroxyl groups is 1. The maximum absolute atomic E-state index is 9.31. The Bertz CT molecular complexity index is 583. The van der Waals surface area contributed by atoms with Crippen LogP contribution in [0.5, 0.6) is 0 Å². The molecule has 1 N–H and O–H groups in total. The van der Waals surface area contributed by atoms with E-state index in [9.17, 15) is 5.11 Å². The van der Waals surface area contributed by atoms with Crippen LogP contribution in [0.1, 0.15) is 12.5 Å². The molecule has 0 spiro atoms. The highest BCUT2D eigenvalue weighted by Gasteiger charge is 2.26. The maximum Gasteiger partial charge on any atom is 0.157 e. The third-order valence-corrected chi connectivity index (χ3v) is 3.36. The quantitative estimate of drug-likeness (QED) is 0.860. The van der Waals surface area contributed by atoms with Gasteiger partial charge in [-0.05, 0) is 31.5 Å². The van der Waals surface area contributed by atoms with Crippen LogP contribution in [0, 0.1) is 6.92 Å². The number of fused-ring (bicyclic) bond motifs is 1. The van der Waals surface area contributed by atoms with Crippen LogP contribution in [-0.4, -0.2) is 51.6 Å². The van der Waals surface area contributed by atoms with Crippen LogP contribution in [0.4, 0.5) is 5.82 Å². The molecule has 0 aliphatic carbocycles. The van der Waals surface area contributed by atoms with Gasteiger partial charge in [-0.1, -0.05) is 0 Å². The number of rotatable bonds is 2. The van der Waals surface area contributed by atoms with E-state index in [1.54, 1.807) is 6.33 Å². The average Bonchev–Trinajstić information content (AvgIpc) is 2.84. The second kappa shape index (κ2) is 4.79. The second-order valence-electron chi connectivity index (χ2n) is 5.08. The van der Waals surface area contributed by atoms with Crippen molar-refractivity contribution in [3.05, 3.63) is 24.0 Å². The van der Waals surface area contributed by atoms with Gasteiger partial charge < -0.3 is 14.7 Å². The summed E-state index contributed by atoms with van der Waals surface area (Å²) in [5, 5.41) is 13.6. The first-order valence-corrected chi connectivity index (χ1v) is 6.49. The topological polar surface area (TPSA) is 62.9 Å². The Hall–Kier alpha value is -1.66. The Labute approximate surface area is 111 Å². The van der Waals surface area contributed by atoms with Gasteiger partial charge in [-0.3, -0.25) is 0 Å². The molecule has 1 aliphatic heterocycles. The fourth-order valence-electron chi connectivity index (χ4n) is 2.59. The summed E-state index contributed by atoms with van der Waals surface area (Å²) >= 11 is 0. The van der Waals surface area contributed by atoms with Crippen molar-refractivity contribution in [1.82, 2.24) is 14.6 Å². The largest absolute Gasteiger partial charge is 0.394 e. The van der Waals surface area contributed by atoms with Gasteiger partial charge in [-0.2, -0.15) is 9.61 Å². The van der Waals surface area contributed by atoms with Crippen molar-refractivity contribution < 1.29 is 9.84 Å². The molecule has 3 rings (SSSR count). The molecule has 102 valence electrons. The average molecular weight is 262 g/mol. The fraction of sp³-hybridized carbons (Fsp3) is 0.538. The zero-order valence-corrected chi connectivity index (χ0v) is 11.2. The molecule has 1 fully saturated rings. The minimum atomic E-state index is -0.150. The van der Waals surface area contributed by atoms with Crippen LogP contribution >= 0.6 is 0 Å². The van der Waals surface area contributed by atoms with Crippen molar-refractivity contribution in [3.8, 4) is 0 Å². The zero-order valence-electron chi connectivity index (χ0n) is 11.2. The number of aryl methyl sites for hydroxylation is 1. The van der Waals surface area contributed by atoms with Gasteiger partial charge in [0.1, 0.15) is 12.1 Å². The molecule has 0 aromatic carbocycles. The van der Waals surface area contributed by atoms with Gasteiger partial charge in [0, 0.05) is 13.1 Å². The van der Waals surface area contributed by atoms with Crippen molar-refractivity contribution in [2.24, 2.45) is 0 Å². The van der Waals surface area contributed by atoms with E-state index >= 15 is 0 Å². The van der Waals surface area contributed by atoms with Gasteiger partial charge in [-0.15, -0.1) is 0 Å². The number of morpholine rings is 1. The van der Waals surface area contributed by atoms with Gasteiger partial charge in [0.05, 0.1) is 18.8 Å². The molecule has 6 heteroatoms. The number of anilines is 1. The molecule has 0 amide bonds. The van der Waals surface area contributed by atoms with E-state index in [2.05, 4.69) is 21.0 Å². The van der Waals surface area contributed by atoms with Gasteiger partial charge in [0.15, 0.2) is 5.65 Å². The van der Waals surface area contributed by atoms with Gasteiger partial charge >= 0.3 is 0 Å². The number of hydrogen-bond donors (Lipinski definition) is 1. The lowest BCUT2D eigenvalue weighted by Crippen LogP contribution is -2.48. The molecule has 2 aromatic rings. The summed E-state index contributed by atoms with van der Waals surface area (Å²) in [6.07, 6.45) is 1.50. The Morgan fingerprint density at radius 1 is 1.42 bits per heavy atom. The summed E-state index contributed by atoms with van der Waals surface area (Å²) in [7, 11) is 0. The third kappa shape index (κ3) is 2.29. The molecule has 1 saturated heterocycles. The smallest absolute Gasteiger partial charge is 0.157 e. The molecular weight excluding hydrogens is 244 g/mol. The predicted octanol–water partition coefficient (Wildman–Crippen LogP) is 0.624. The first kappa shape index (κ1) is 12.4. The standard InChI is InChI=1S/C13H18N4O2/c1-9-3-12-14-8-15-17(12)13(4-9)16-5-10(2)19-11(6-16)7-18/h3-4,8,10-11,18H,5-7H2,1-2H3. The van der Waals surface area contributed by atoms with E-state index < -0.39 is 0 Å². The van der Waals surface area contributed by atoms with Gasteiger partial charge in [-0.25, -0.2) is 4.98 Å². The summed E-state index contributed by atoms with van der Waals surface area (Å²) in [6, 6.07) is 4.10. The van der Waals surface area contributed by atoms with Crippen molar-refractivity contribution in [2.75, 3.05) is 24.6 Å². The molecule has 0 saturated carbocycles. The van der Waals surface area contributed by atoms with E-state index in [0.29, 0.717) is 6.54 Å². The Morgan fingerprint density at radius 3 is 3.05 bits per heavy atom. The van der Waals surface area contributed by atoms with Crippen LogP contribution in [0.2, 0.25) is 0 Å². The second-order valence-corrected chi connectivity index (χ2v) is 5.08. The summed E-state index contributed by atoms with van der Waals surface area (Å²) in [4.78, 5) is 6.44. The van der Waals surface area contributed by atoms with Crippen LogP contribution in [0.25, 0.3) is 5.65 Å². The molecule has 0 bridgehead atoms. The first-order chi connectivity index (χ1) is 9.17. The Kier molecular flexibility index (Phi) is 3.12. The lowest BCUT2D eigenvalue weighted by Gasteiger charge is -2.37. The number of nitrogens with zero attached hydrogens (tertiary/aromatic N) is 4. The molecule has 2 atom stereocenters. The number of aromatic nitrogens is 3. The lowest BCUT2D eigenvalue weighted by atomic mass is 10.2. The number of pyridine rings is 1. The van der Waals surface area contributed by atoms with Crippen molar-refractivity contribution in [2.45, 2.75) is 26.1 Å². The van der Waals surface area contributed by atoms with Crippen molar-refractivity contribution in [1.29, 1.82) is 0 Å². The van der Waals surface area contributed by atoms with Crippen LogP contribution in [0.15, 0.2) is 18.5 Å².